The van der Waals surface area contributed by atoms with Crippen molar-refractivity contribution in [1.29, 1.82) is 0 Å². The summed E-state index contributed by atoms with van der Waals surface area (Å²) in [5, 5.41) is 8.87. The molecule has 0 fully saturated rings. The maximum atomic E-state index is 12.6. The van der Waals surface area contributed by atoms with E-state index in [1.165, 1.54) is 0 Å². The Morgan fingerprint density at radius 2 is 2.07 bits per heavy atom. The smallest absolute Gasteiger partial charge is 0.434 e. The lowest BCUT2D eigenvalue weighted by atomic mass is 10.2. The second kappa shape index (κ2) is 10.3. The van der Waals surface area contributed by atoms with Crippen molar-refractivity contribution in [3.8, 4) is 0 Å². The van der Waals surface area contributed by atoms with Crippen LogP contribution in [0.5, 0.6) is 0 Å². The molecule has 29 heavy (non-hydrogen) atoms. The summed E-state index contributed by atoms with van der Waals surface area (Å²) in [5.74, 6) is 1.35. The van der Waals surface area contributed by atoms with Gasteiger partial charge in [-0.25, -0.2) is 4.98 Å². The molecule has 0 saturated heterocycles. The van der Waals surface area contributed by atoms with E-state index >= 15 is 0 Å². The third kappa shape index (κ3) is 6.33. The van der Waals surface area contributed by atoms with Crippen LogP contribution in [0.25, 0.3) is 11.0 Å². The molecule has 0 bridgehead atoms. The maximum Gasteiger partial charge on any atom is 0.434 e. The molecule has 0 aliphatic carbocycles. The highest BCUT2D eigenvalue weighted by atomic mass is 127. The first-order valence-electron chi connectivity index (χ1n) is 8.91. The summed E-state index contributed by atoms with van der Waals surface area (Å²) in [6.07, 6.45) is -4.06. The summed E-state index contributed by atoms with van der Waals surface area (Å²) in [6, 6.07) is 9.62. The number of rotatable bonds is 6. The van der Waals surface area contributed by atoms with Gasteiger partial charge < -0.3 is 15.1 Å². The second-order valence-electron chi connectivity index (χ2n) is 6.19. The molecule has 0 amide bonds. The van der Waals surface area contributed by atoms with Crippen LogP contribution in [0.4, 0.5) is 13.2 Å². The average molecular weight is 538 g/mol. The minimum atomic E-state index is -4.41. The first-order chi connectivity index (χ1) is 13.4. The van der Waals surface area contributed by atoms with Crippen LogP contribution in [0.3, 0.4) is 0 Å². The van der Waals surface area contributed by atoms with Crippen LogP contribution < -0.4 is 10.6 Å². The number of aliphatic imine (C=N–C) groups is 1. The van der Waals surface area contributed by atoms with E-state index in [0.29, 0.717) is 30.5 Å². The first kappa shape index (κ1) is 23.5. The number of nitrogens with zero attached hydrogens (tertiary/aromatic N) is 2. The van der Waals surface area contributed by atoms with Gasteiger partial charge in [0.1, 0.15) is 11.3 Å². The molecule has 0 radical (unpaired) electrons. The maximum absolute atomic E-state index is 12.6. The van der Waals surface area contributed by atoms with Gasteiger partial charge in [0.2, 0.25) is 0 Å². The van der Waals surface area contributed by atoms with Crippen molar-refractivity contribution < 1.29 is 17.6 Å². The Balaban J connectivity index is 0.00000300. The SMILES string of the molecule is CCNC(=NCCc1nc(C(F)(F)F)cs1)NC(C)c1cc2ccccc2o1.I. The number of nitrogens with one attached hydrogen (secondary N) is 2. The van der Waals surface area contributed by atoms with Crippen molar-refractivity contribution in [1.82, 2.24) is 15.6 Å². The van der Waals surface area contributed by atoms with Gasteiger partial charge in [-0.2, -0.15) is 13.2 Å². The average Bonchev–Trinajstić information content (AvgIpc) is 3.28. The van der Waals surface area contributed by atoms with Crippen molar-refractivity contribution >= 4 is 52.2 Å². The van der Waals surface area contributed by atoms with E-state index < -0.39 is 11.9 Å². The first-order valence-corrected chi connectivity index (χ1v) is 9.79. The summed E-state index contributed by atoms with van der Waals surface area (Å²) in [5.41, 5.74) is -0.0302. The van der Waals surface area contributed by atoms with Gasteiger partial charge in [0, 0.05) is 30.3 Å². The van der Waals surface area contributed by atoms with E-state index in [9.17, 15) is 13.2 Å². The third-order valence-corrected chi connectivity index (χ3v) is 4.92. The Labute approximate surface area is 187 Å². The number of benzene rings is 1. The van der Waals surface area contributed by atoms with Crippen molar-refractivity contribution in [2.75, 3.05) is 13.1 Å². The van der Waals surface area contributed by atoms with E-state index in [2.05, 4.69) is 20.6 Å². The number of hydrogen-bond acceptors (Lipinski definition) is 4. The molecule has 2 aromatic heterocycles. The molecule has 3 aromatic rings. The number of aromatic nitrogens is 1. The molecular formula is C19H22F3IN4OS. The quantitative estimate of drug-likeness (QED) is 0.251. The number of para-hydroxylation sites is 1. The molecule has 2 N–H and O–H groups in total. The fraction of sp³-hybridized carbons (Fsp3) is 0.368. The van der Waals surface area contributed by atoms with Gasteiger partial charge >= 0.3 is 6.18 Å². The number of halogens is 4. The van der Waals surface area contributed by atoms with Crippen molar-refractivity contribution in [2.45, 2.75) is 32.5 Å². The lowest BCUT2D eigenvalue weighted by Crippen LogP contribution is -2.38. The molecule has 0 spiro atoms. The van der Waals surface area contributed by atoms with Crippen molar-refractivity contribution in [3.05, 3.63) is 52.2 Å². The van der Waals surface area contributed by atoms with Gasteiger partial charge in [0.05, 0.1) is 11.0 Å². The molecule has 0 aliphatic rings. The number of furan rings is 1. The third-order valence-electron chi connectivity index (χ3n) is 4.01. The van der Waals surface area contributed by atoms with Crippen LogP contribution in [0.1, 0.15) is 36.4 Å². The molecule has 1 aromatic carbocycles. The van der Waals surface area contributed by atoms with Crippen molar-refractivity contribution in [3.63, 3.8) is 0 Å². The van der Waals surface area contributed by atoms with Crippen molar-refractivity contribution in [2.24, 2.45) is 4.99 Å². The van der Waals surface area contributed by atoms with Crippen LogP contribution in [-0.2, 0) is 12.6 Å². The topological polar surface area (TPSA) is 62.5 Å². The standard InChI is InChI=1S/C19H21F3N4OS.HI/c1-3-23-18(24-9-8-17-26-16(11-28-17)19(20,21)22)25-12(2)15-10-13-6-4-5-7-14(13)27-15;/h4-7,10-12H,3,8-9H2,1-2H3,(H2,23,24,25);1H. The highest BCUT2D eigenvalue weighted by Gasteiger charge is 2.33. The number of alkyl halides is 3. The highest BCUT2D eigenvalue weighted by molar-refractivity contribution is 14.0. The zero-order valence-corrected chi connectivity index (χ0v) is 19.1. The lowest BCUT2D eigenvalue weighted by molar-refractivity contribution is -0.140. The predicted molar refractivity (Wildman–Crippen MR) is 120 cm³/mol. The van der Waals surface area contributed by atoms with E-state index in [0.717, 1.165) is 33.4 Å². The zero-order valence-electron chi connectivity index (χ0n) is 15.9. The zero-order chi connectivity index (χ0) is 20.1. The monoisotopic (exact) mass is 538 g/mol. The largest absolute Gasteiger partial charge is 0.459 e. The molecule has 10 heteroatoms. The number of hydrogen-bond donors (Lipinski definition) is 2. The van der Waals surface area contributed by atoms with Crippen LogP contribution in [0, 0.1) is 0 Å². The normalized spacial score (nSPS) is 13.2. The van der Waals surface area contributed by atoms with Gasteiger partial charge in [-0.3, -0.25) is 4.99 Å². The molecule has 1 unspecified atom stereocenters. The second-order valence-corrected chi connectivity index (χ2v) is 7.13. The number of guanidine groups is 1. The summed E-state index contributed by atoms with van der Waals surface area (Å²) < 4.78 is 43.7. The molecule has 0 saturated carbocycles. The van der Waals surface area contributed by atoms with Crippen LogP contribution >= 0.6 is 35.3 Å². The Hall–Kier alpha value is -1.82. The van der Waals surface area contributed by atoms with Crippen LogP contribution in [-0.4, -0.2) is 24.0 Å². The summed E-state index contributed by atoms with van der Waals surface area (Å²) >= 11 is 0.998. The summed E-state index contributed by atoms with van der Waals surface area (Å²) in [7, 11) is 0. The fourth-order valence-electron chi connectivity index (χ4n) is 2.63. The summed E-state index contributed by atoms with van der Waals surface area (Å²) in [6.45, 7) is 4.89. The van der Waals surface area contributed by atoms with Gasteiger partial charge in [-0.1, -0.05) is 18.2 Å². The minimum Gasteiger partial charge on any atom is -0.459 e. The Morgan fingerprint density at radius 1 is 1.31 bits per heavy atom. The van der Waals surface area contributed by atoms with E-state index in [1.54, 1.807) is 0 Å². The van der Waals surface area contributed by atoms with E-state index in [1.807, 2.05) is 44.2 Å². The molecule has 2 heterocycles. The number of thiazole rings is 1. The number of fused-ring (bicyclic) bond motifs is 1. The molecular weight excluding hydrogens is 516 g/mol. The molecule has 3 rings (SSSR count). The van der Waals surface area contributed by atoms with Crippen LogP contribution in [0.15, 0.2) is 45.1 Å². The van der Waals surface area contributed by atoms with Crippen LogP contribution in [0.2, 0.25) is 0 Å². The highest BCUT2D eigenvalue weighted by Crippen LogP contribution is 2.30. The molecule has 0 aliphatic heterocycles. The van der Waals surface area contributed by atoms with Gasteiger partial charge in [0.15, 0.2) is 11.7 Å². The van der Waals surface area contributed by atoms with Gasteiger partial charge in [-0.15, -0.1) is 35.3 Å². The minimum absolute atomic E-state index is 0. The molecule has 5 nitrogen and oxygen atoms in total. The van der Waals surface area contributed by atoms with Gasteiger partial charge in [-0.05, 0) is 26.0 Å². The van der Waals surface area contributed by atoms with Gasteiger partial charge in [0.25, 0.3) is 0 Å². The Bertz CT molecular complexity index is 921. The Morgan fingerprint density at radius 3 is 2.72 bits per heavy atom. The lowest BCUT2D eigenvalue weighted by Gasteiger charge is -2.16. The van der Waals surface area contributed by atoms with E-state index in [-0.39, 0.29) is 30.0 Å². The Kier molecular flexibility index (Phi) is 8.32. The fourth-order valence-corrected chi connectivity index (χ4v) is 3.43. The van der Waals surface area contributed by atoms with E-state index in [4.69, 9.17) is 4.42 Å². The molecule has 1 atom stereocenters. The summed E-state index contributed by atoms with van der Waals surface area (Å²) in [4.78, 5) is 8.06. The predicted octanol–water partition coefficient (Wildman–Crippen LogP) is 5.38. The molecule has 158 valence electrons.